The lowest BCUT2D eigenvalue weighted by Gasteiger charge is -2.19. The first-order chi connectivity index (χ1) is 17.1. The van der Waals surface area contributed by atoms with Gasteiger partial charge in [0.05, 0.1) is 19.1 Å². The molecule has 0 fully saturated rings. The Morgan fingerprint density at radius 2 is 1.66 bits per heavy atom. The molecule has 0 saturated heterocycles. The molecule has 35 heavy (non-hydrogen) atoms. The lowest BCUT2D eigenvalue weighted by atomic mass is 9.88. The molecule has 5 heteroatoms. The summed E-state index contributed by atoms with van der Waals surface area (Å²) in [5.41, 5.74) is 2.40. The summed E-state index contributed by atoms with van der Waals surface area (Å²) in [5, 5.41) is 0. The normalized spacial score (nSPS) is 16.0. The van der Waals surface area contributed by atoms with Crippen molar-refractivity contribution in [1.82, 2.24) is 14.5 Å². The lowest BCUT2D eigenvalue weighted by Crippen LogP contribution is -2.10. The van der Waals surface area contributed by atoms with Gasteiger partial charge in [-0.1, -0.05) is 100 Å². The van der Waals surface area contributed by atoms with Crippen LogP contribution in [0.15, 0.2) is 60.7 Å². The van der Waals surface area contributed by atoms with E-state index in [1.54, 1.807) is 24.3 Å². The number of allylic oxidation sites excluding steroid dienone is 5. The standard InChI is InChI=1S/C22H27N3OS.4C2H6/c1-5-6-20(27-4)19-9-10-21(24-12-19)26-22-13-23-15-25(22)14-18-8-7-16(2)17(3)11-18;4*1-2/h6-13,15-17H,5,14H2,1-4H3;4*1-2H3/b20-6-;;;;. The number of ether oxygens (including phenoxy) is 1. The summed E-state index contributed by atoms with van der Waals surface area (Å²) in [5.74, 6) is 2.41. The fourth-order valence-corrected chi connectivity index (χ4v) is 3.70. The van der Waals surface area contributed by atoms with Crippen molar-refractivity contribution < 1.29 is 4.74 Å². The molecule has 2 aromatic heterocycles. The van der Waals surface area contributed by atoms with E-state index in [0.717, 1.165) is 18.5 Å². The number of rotatable bonds is 7. The average molecular weight is 502 g/mol. The summed E-state index contributed by atoms with van der Waals surface area (Å²) < 4.78 is 7.99. The topological polar surface area (TPSA) is 39.9 Å². The van der Waals surface area contributed by atoms with Gasteiger partial charge in [0, 0.05) is 22.7 Å². The van der Waals surface area contributed by atoms with Crippen molar-refractivity contribution in [1.29, 1.82) is 0 Å². The minimum atomic E-state index is 0.550. The highest BCUT2D eigenvalue weighted by Gasteiger charge is 2.14. The van der Waals surface area contributed by atoms with Gasteiger partial charge in [-0.3, -0.25) is 4.57 Å². The smallest absolute Gasteiger partial charge is 0.222 e. The molecule has 1 aliphatic carbocycles. The van der Waals surface area contributed by atoms with Crippen molar-refractivity contribution in [3.05, 3.63) is 66.3 Å². The van der Waals surface area contributed by atoms with Crippen molar-refractivity contribution in [2.75, 3.05) is 6.26 Å². The van der Waals surface area contributed by atoms with E-state index >= 15 is 0 Å². The number of thioether (sulfide) groups is 1. The number of nitrogens with zero attached hydrogens (tertiary/aromatic N) is 3. The van der Waals surface area contributed by atoms with E-state index in [2.05, 4.69) is 67.4 Å². The number of hydrogen-bond donors (Lipinski definition) is 0. The molecule has 0 N–H and O–H groups in total. The summed E-state index contributed by atoms with van der Waals surface area (Å²) >= 11 is 1.73. The Labute approximate surface area is 221 Å². The molecule has 0 spiro atoms. The highest BCUT2D eigenvalue weighted by molar-refractivity contribution is 8.07. The van der Waals surface area contributed by atoms with Crippen LogP contribution in [0.1, 0.15) is 88.1 Å². The van der Waals surface area contributed by atoms with Gasteiger partial charge >= 0.3 is 0 Å². The van der Waals surface area contributed by atoms with Gasteiger partial charge in [0.2, 0.25) is 11.8 Å². The fraction of sp³-hybridized carbons (Fsp3) is 0.533. The number of hydrogen-bond acceptors (Lipinski definition) is 4. The van der Waals surface area contributed by atoms with Gasteiger partial charge in [-0.2, -0.15) is 0 Å². The second-order valence-electron chi connectivity index (χ2n) is 6.85. The molecule has 2 aromatic rings. The molecule has 3 rings (SSSR count). The zero-order chi connectivity index (χ0) is 27.2. The summed E-state index contributed by atoms with van der Waals surface area (Å²) in [6, 6.07) is 3.96. The van der Waals surface area contributed by atoms with E-state index in [1.807, 2.05) is 72.2 Å². The van der Waals surface area contributed by atoms with Crippen LogP contribution >= 0.6 is 11.8 Å². The average Bonchev–Trinajstić information content (AvgIpc) is 3.36. The SMILES string of the molecule is CC.CC.CC.CC.CC/C=C(\SC)c1ccc(Oc2cncn2CC2=CC(C)C(C)C=C2)nc1. The van der Waals surface area contributed by atoms with Gasteiger partial charge in [-0.05, 0) is 36.2 Å². The molecule has 2 unspecified atom stereocenters. The Kier molecular flexibility index (Phi) is 22.1. The maximum absolute atomic E-state index is 5.98. The summed E-state index contributed by atoms with van der Waals surface area (Å²) in [6.07, 6.45) is 17.5. The molecule has 4 nitrogen and oxygen atoms in total. The number of aromatic nitrogens is 3. The Balaban J connectivity index is 0. The summed E-state index contributed by atoms with van der Waals surface area (Å²) in [6.45, 7) is 23.4. The molecular weight excluding hydrogens is 450 g/mol. The van der Waals surface area contributed by atoms with Crippen LogP contribution in [0.25, 0.3) is 4.91 Å². The first-order valence-corrected chi connectivity index (χ1v) is 14.6. The third-order valence-corrected chi connectivity index (χ3v) is 5.63. The van der Waals surface area contributed by atoms with Gasteiger partial charge in [-0.15, -0.1) is 11.8 Å². The molecule has 198 valence electrons. The quantitative estimate of drug-likeness (QED) is 0.378. The van der Waals surface area contributed by atoms with Crippen molar-refractivity contribution in [3.8, 4) is 11.8 Å². The van der Waals surface area contributed by atoms with E-state index in [4.69, 9.17) is 4.74 Å². The number of pyridine rings is 1. The van der Waals surface area contributed by atoms with Gasteiger partial charge < -0.3 is 4.74 Å². The van der Waals surface area contributed by atoms with Crippen LogP contribution in [0.2, 0.25) is 0 Å². The van der Waals surface area contributed by atoms with Crippen molar-refractivity contribution in [2.45, 2.75) is 89.1 Å². The van der Waals surface area contributed by atoms with Crippen LogP contribution in [-0.4, -0.2) is 20.8 Å². The second-order valence-corrected chi connectivity index (χ2v) is 7.69. The van der Waals surface area contributed by atoms with Gasteiger partial charge in [0.1, 0.15) is 0 Å². The maximum atomic E-state index is 5.98. The van der Waals surface area contributed by atoms with Crippen molar-refractivity contribution in [3.63, 3.8) is 0 Å². The predicted octanol–water partition coefficient (Wildman–Crippen LogP) is 10.1. The van der Waals surface area contributed by atoms with E-state index < -0.39 is 0 Å². The largest absolute Gasteiger partial charge is 0.421 e. The van der Waals surface area contributed by atoms with Crippen molar-refractivity contribution in [2.24, 2.45) is 11.8 Å². The molecule has 0 bridgehead atoms. The first kappa shape index (κ1) is 34.9. The molecule has 2 heterocycles. The van der Waals surface area contributed by atoms with Crippen LogP contribution in [0.3, 0.4) is 0 Å². The van der Waals surface area contributed by atoms with Gasteiger partial charge in [0.15, 0.2) is 0 Å². The van der Waals surface area contributed by atoms with Crippen LogP contribution in [-0.2, 0) is 6.54 Å². The third-order valence-electron chi connectivity index (χ3n) is 4.79. The number of imidazole rings is 1. The summed E-state index contributed by atoms with van der Waals surface area (Å²) in [4.78, 5) is 9.95. The van der Waals surface area contributed by atoms with Crippen LogP contribution in [0, 0.1) is 11.8 Å². The van der Waals surface area contributed by atoms with Crippen LogP contribution < -0.4 is 4.74 Å². The first-order valence-electron chi connectivity index (χ1n) is 13.4. The molecule has 0 aliphatic heterocycles. The maximum Gasteiger partial charge on any atom is 0.222 e. The van der Waals surface area contributed by atoms with Crippen LogP contribution in [0.4, 0.5) is 0 Å². The Morgan fingerprint density at radius 1 is 1.00 bits per heavy atom. The van der Waals surface area contributed by atoms with E-state index in [-0.39, 0.29) is 0 Å². The minimum Gasteiger partial charge on any atom is -0.421 e. The molecule has 0 aromatic carbocycles. The molecule has 0 radical (unpaired) electrons. The van der Waals surface area contributed by atoms with E-state index in [0.29, 0.717) is 23.6 Å². The minimum absolute atomic E-state index is 0.550. The zero-order valence-corrected chi connectivity index (χ0v) is 25.2. The zero-order valence-electron chi connectivity index (χ0n) is 24.4. The molecule has 0 saturated carbocycles. The van der Waals surface area contributed by atoms with Crippen molar-refractivity contribution >= 4 is 16.7 Å². The second kappa shape index (κ2) is 22.2. The highest BCUT2D eigenvalue weighted by Crippen LogP contribution is 2.28. The fourth-order valence-electron chi connectivity index (χ4n) is 3.01. The predicted molar refractivity (Wildman–Crippen MR) is 159 cm³/mol. The van der Waals surface area contributed by atoms with Gasteiger partial charge in [0.25, 0.3) is 0 Å². The molecule has 2 atom stereocenters. The highest BCUT2D eigenvalue weighted by atomic mass is 32.2. The Hall–Kier alpha value is -2.27. The third kappa shape index (κ3) is 12.3. The van der Waals surface area contributed by atoms with Crippen LogP contribution in [0.5, 0.6) is 11.8 Å². The van der Waals surface area contributed by atoms with E-state index in [9.17, 15) is 0 Å². The summed E-state index contributed by atoms with van der Waals surface area (Å²) in [7, 11) is 0. The molecular formula is C30H51N3OS. The molecule has 0 amide bonds. The monoisotopic (exact) mass is 501 g/mol. The Morgan fingerprint density at radius 3 is 2.17 bits per heavy atom. The van der Waals surface area contributed by atoms with E-state index in [1.165, 1.54) is 10.5 Å². The Bertz CT molecular complexity index is 851. The van der Waals surface area contributed by atoms with Gasteiger partial charge in [-0.25, -0.2) is 9.97 Å². The lowest BCUT2D eigenvalue weighted by molar-refractivity contribution is 0.419. The molecule has 1 aliphatic rings.